The Hall–Kier alpha value is -2.57. The van der Waals surface area contributed by atoms with Crippen LogP contribution in [0.3, 0.4) is 0 Å². The van der Waals surface area contributed by atoms with Gasteiger partial charge in [0.25, 0.3) is 0 Å². The van der Waals surface area contributed by atoms with Gasteiger partial charge in [0.1, 0.15) is 5.82 Å². The van der Waals surface area contributed by atoms with E-state index in [-0.39, 0.29) is 22.9 Å². The van der Waals surface area contributed by atoms with Gasteiger partial charge >= 0.3 is 6.18 Å². The van der Waals surface area contributed by atoms with Gasteiger partial charge in [-0.15, -0.1) is 11.3 Å². The molecule has 4 nitrogen and oxygen atoms in total. The molecule has 1 aliphatic heterocycles. The lowest BCUT2D eigenvalue weighted by Gasteiger charge is -2.39. The summed E-state index contributed by atoms with van der Waals surface area (Å²) in [7, 11) is 0. The Labute approximate surface area is 183 Å². The summed E-state index contributed by atoms with van der Waals surface area (Å²) in [5.74, 6) is -0.668. The van der Waals surface area contributed by atoms with E-state index in [4.69, 9.17) is 5.73 Å². The molecule has 1 aliphatic carbocycles. The van der Waals surface area contributed by atoms with Crippen LogP contribution in [0.4, 0.5) is 18.9 Å². The summed E-state index contributed by atoms with van der Waals surface area (Å²) in [4.78, 5) is 15.2. The number of carbonyl (C=O) groups is 1. The first-order valence-electron chi connectivity index (χ1n) is 9.09. The molecule has 0 fully saturated rings. The van der Waals surface area contributed by atoms with Gasteiger partial charge < -0.3 is 5.73 Å². The number of allylic oxidation sites excluding steroid dienone is 3. The SMILES string of the molecule is N#CC1=C(N)N(c2cccc(C(F)(F)F)c2)C2=C(C(=O)CCC2)[C@H]1c1cc(Br)cs1. The smallest absolute Gasteiger partial charge is 0.384 e. The quantitative estimate of drug-likeness (QED) is 0.570. The van der Waals surface area contributed by atoms with E-state index in [1.807, 2.05) is 11.4 Å². The summed E-state index contributed by atoms with van der Waals surface area (Å²) in [6.45, 7) is 0. The third-order valence-corrected chi connectivity index (χ3v) is 6.98. The number of nitriles is 1. The van der Waals surface area contributed by atoms with Crippen LogP contribution in [0, 0.1) is 11.3 Å². The molecule has 1 aromatic heterocycles. The molecule has 0 bridgehead atoms. The number of hydrogen-bond donors (Lipinski definition) is 1. The summed E-state index contributed by atoms with van der Waals surface area (Å²) in [6.07, 6.45) is -3.13. The van der Waals surface area contributed by atoms with E-state index in [1.165, 1.54) is 28.4 Å². The van der Waals surface area contributed by atoms with Crippen molar-refractivity contribution >= 4 is 38.7 Å². The van der Waals surface area contributed by atoms with Crippen LogP contribution < -0.4 is 10.6 Å². The van der Waals surface area contributed by atoms with Crippen molar-refractivity contribution in [2.45, 2.75) is 31.4 Å². The van der Waals surface area contributed by atoms with Crippen molar-refractivity contribution in [2.24, 2.45) is 5.73 Å². The fourth-order valence-electron chi connectivity index (χ4n) is 3.97. The van der Waals surface area contributed by atoms with Gasteiger partial charge in [-0.1, -0.05) is 6.07 Å². The maximum Gasteiger partial charge on any atom is 0.416 e. The number of nitrogens with zero attached hydrogens (tertiary/aromatic N) is 2. The number of hydrogen-bond acceptors (Lipinski definition) is 5. The zero-order chi connectivity index (χ0) is 21.6. The molecule has 2 N–H and O–H groups in total. The number of benzene rings is 1. The summed E-state index contributed by atoms with van der Waals surface area (Å²) >= 11 is 4.79. The van der Waals surface area contributed by atoms with Crippen LogP contribution in [0.2, 0.25) is 0 Å². The van der Waals surface area contributed by atoms with E-state index in [1.54, 1.807) is 0 Å². The molecule has 30 heavy (non-hydrogen) atoms. The second-order valence-electron chi connectivity index (χ2n) is 7.03. The first kappa shape index (κ1) is 20.7. The van der Waals surface area contributed by atoms with E-state index >= 15 is 0 Å². The number of alkyl halides is 3. The minimum atomic E-state index is -4.52. The monoisotopic (exact) mass is 493 g/mol. The van der Waals surface area contributed by atoms with E-state index in [0.29, 0.717) is 30.5 Å². The average molecular weight is 494 g/mol. The molecule has 0 amide bonds. The number of anilines is 1. The fourth-order valence-corrected chi connectivity index (χ4v) is 5.53. The van der Waals surface area contributed by atoms with Gasteiger partial charge in [-0.05, 0) is 53.0 Å². The standard InChI is InChI=1S/C21H15BrF3N3OS/c22-12-8-17(30-10-12)18-14(9-26)20(27)28(15-5-2-6-16(29)19(15)18)13-4-1-3-11(7-13)21(23,24)25/h1,3-4,7-8,10,18H,2,5-6,27H2/t18-/m1/s1. The Morgan fingerprint density at radius 2 is 2.03 bits per heavy atom. The Bertz CT molecular complexity index is 1140. The van der Waals surface area contributed by atoms with Crippen molar-refractivity contribution in [1.82, 2.24) is 0 Å². The second-order valence-corrected chi connectivity index (χ2v) is 8.89. The van der Waals surface area contributed by atoms with Gasteiger partial charge in [-0.2, -0.15) is 18.4 Å². The van der Waals surface area contributed by atoms with Crippen LogP contribution in [-0.4, -0.2) is 5.78 Å². The zero-order valence-electron chi connectivity index (χ0n) is 15.5. The lowest BCUT2D eigenvalue weighted by molar-refractivity contribution is -0.137. The molecule has 0 unspecified atom stereocenters. The zero-order valence-corrected chi connectivity index (χ0v) is 17.9. The minimum Gasteiger partial charge on any atom is -0.384 e. The van der Waals surface area contributed by atoms with Gasteiger partial charge in [-0.3, -0.25) is 9.69 Å². The van der Waals surface area contributed by atoms with Crippen LogP contribution in [0.5, 0.6) is 0 Å². The number of rotatable bonds is 2. The van der Waals surface area contributed by atoms with Gasteiger partial charge in [-0.25, -0.2) is 0 Å². The third kappa shape index (κ3) is 3.44. The number of thiophene rings is 1. The number of ketones is 1. The molecule has 4 rings (SSSR count). The van der Waals surface area contributed by atoms with Crippen molar-refractivity contribution in [3.8, 4) is 6.07 Å². The molecule has 0 spiro atoms. The molecule has 0 radical (unpaired) electrons. The molecule has 2 aliphatic rings. The van der Waals surface area contributed by atoms with E-state index < -0.39 is 17.7 Å². The van der Waals surface area contributed by atoms with E-state index in [0.717, 1.165) is 21.5 Å². The molecular formula is C21H15BrF3N3OS. The summed E-state index contributed by atoms with van der Waals surface area (Å²) in [6, 6.07) is 8.72. The molecule has 154 valence electrons. The third-order valence-electron chi connectivity index (χ3n) is 5.22. The van der Waals surface area contributed by atoms with Crippen molar-refractivity contribution in [2.75, 3.05) is 4.90 Å². The highest BCUT2D eigenvalue weighted by molar-refractivity contribution is 9.10. The van der Waals surface area contributed by atoms with Gasteiger partial charge in [0.05, 0.1) is 23.1 Å². The number of Topliss-reactive ketones (excluding diaryl/α,β-unsaturated/α-hetero) is 1. The highest BCUT2D eigenvalue weighted by Gasteiger charge is 2.41. The van der Waals surface area contributed by atoms with Gasteiger partial charge in [0.2, 0.25) is 0 Å². The average Bonchev–Trinajstić information content (AvgIpc) is 3.12. The van der Waals surface area contributed by atoms with E-state index in [2.05, 4.69) is 22.0 Å². The molecule has 0 saturated carbocycles. The normalized spacial score (nSPS) is 19.8. The Balaban J connectivity index is 1.95. The van der Waals surface area contributed by atoms with E-state index in [9.17, 15) is 23.2 Å². The van der Waals surface area contributed by atoms with Crippen LogP contribution in [0.15, 0.2) is 62.8 Å². The number of nitrogens with two attached hydrogens (primary N) is 1. The highest BCUT2D eigenvalue weighted by Crippen LogP contribution is 2.48. The second kappa shape index (κ2) is 7.60. The topological polar surface area (TPSA) is 70.1 Å². The molecular weight excluding hydrogens is 479 g/mol. The molecule has 9 heteroatoms. The summed E-state index contributed by atoms with van der Waals surface area (Å²) < 4.78 is 40.6. The van der Waals surface area contributed by atoms with Gasteiger partial charge in [0.15, 0.2) is 5.78 Å². The number of carbonyl (C=O) groups excluding carboxylic acids is 1. The molecule has 2 heterocycles. The Morgan fingerprint density at radius 1 is 1.27 bits per heavy atom. The van der Waals surface area contributed by atoms with Crippen molar-refractivity contribution in [3.63, 3.8) is 0 Å². The first-order valence-corrected chi connectivity index (χ1v) is 10.8. The van der Waals surface area contributed by atoms with Crippen LogP contribution in [0.25, 0.3) is 0 Å². The van der Waals surface area contributed by atoms with Crippen molar-refractivity contribution in [1.29, 1.82) is 5.26 Å². The summed E-state index contributed by atoms with van der Waals surface area (Å²) in [5, 5.41) is 11.7. The summed E-state index contributed by atoms with van der Waals surface area (Å²) in [5.41, 5.74) is 6.90. The molecule has 0 saturated heterocycles. The first-order chi connectivity index (χ1) is 14.2. The van der Waals surface area contributed by atoms with Crippen LogP contribution in [-0.2, 0) is 11.0 Å². The minimum absolute atomic E-state index is 0.0554. The maximum atomic E-state index is 13.3. The molecule has 1 atom stereocenters. The Kier molecular flexibility index (Phi) is 5.24. The Morgan fingerprint density at radius 3 is 2.67 bits per heavy atom. The van der Waals surface area contributed by atoms with Crippen molar-refractivity contribution in [3.05, 3.63) is 73.3 Å². The fraction of sp³-hybridized carbons (Fsp3) is 0.238. The lowest BCUT2D eigenvalue weighted by atomic mass is 9.78. The number of halogens is 4. The van der Waals surface area contributed by atoms with Gasteiger partial charge in [0, 0.05) is 38.1 Å². The lowest BCUT2D eigenvalue weighted by Crippen LogP contribution is -2.38. The van der Waals surface area contributed by atoms with Crippen LogP contribution in [0.1, 0.15) is 35.6 Å². The van der Waals surface area contributed by atoms with Crippen LogP contribution >= 0.6 is 27.3 Å². The predicted octanol–water partition coefficient (Wildman–Crippen LogP) is 5.83. The highest BCUT2D eigenvalue weighted by atomic mass is 79.9. The molecule has 1 aromatic carbocycles. The predicted molar refractivity (Wildman–Crippen MR) is 111 cm³/mol. The maximum absolute atomic E-state index is 13.3. The molecule has 2 aromatic rings. The van der Waals surface area contributed by atoms with Crippen molar-refractivity contribution < 1.29 is 18.0 Å². The largest absolute Gasteiger partial charge is 0.416 e.